The third kappa shape index (κ3) is 3.58. The van der Waals surface area contributed by atoms with Crippen LogP contribution in [0.5, 0.6) is 0 Å². The predicted molar refractivity (Wildman–Crippen MR) is 62.0 cm³/mol. The summed E-state index contributed by atoms with van der Waals surface area (Å²) in [5.74, 6) is 0. The fourth-order valence-electron chi connectivity index (χ4n) is 1.27. The van der Waals surface area contributed by atoms with Gasteiger partial charge in [-0.2, -0.15) is 0 Å². The molecule has 0 bridgehead atoms. The first-order chi connectivity index (χ1) is 6.63. The molecule has 4 heteroatoms. The van der Waals surface area contributed by atoms with E-state index < -0.39 is 0 Å². The highest BCUT2D eigenvalue weighted by atomic mass is 35.5. The topological polar surface area (TPSA) is 32.3 Å². The van der Waals surface area contributed by atoms with Crippen LogP contribution in [-0.2, 0) is 0 Å². The molecule has 0 aliphatic carbocycles. The van der Waals surface area contributed by atoms with Crippen LogP contribution in [0, 0.1) is 0 Å². The second-order valence-electron chi connectivity index (χ2n) is 3.36. The maximum atomic E-state index is 9.16. The SMILES string of the molecule is CCC(NCC(C)O)c1ccc(Cl)s1. The number of hydrogen-bond acceptors (Lipinski definition) is 3. The molecule has 0 aromatic carbocycles. The monoisotopic (exact) mass is 233 g/mol. The molecule has 2 nitrogen and oxygen atoms in total. The largest absolute Gasteiger partial charge is 0.392 e. The van der Waals surface area contributed by atoms with E-state index in [1.165, 1.54) is 4.88 Å². The van der Waals surface area contributed by atoms with Crippen LogP contribution in [0.2, 0.25) is 4.34 Å². The summed E-state index contributed by atoms with van der Waals surface area (Å²) in [5.41, 5.74) is 0. The molecule has 1 rings (SSSR count). The summed E-state index contributed by atoms with van der Waals surface area (Å²) in [6.45, 7) is 4.52. The van der Waals surface area contributed by atoms with Gasteiger partial charge in [0.1, 0.15) is 0 Å². The molecule has 1 aromatic heterocycles. The Hall–Kier alpha value is -0.0900. The number of halogens is 1. The Morgan fingerprint density at radius 2 is 2.29 bits per heavy atom. The van der Waals surface area contributed by atoms with Gasteiger partial charge in [-0.25, -0.2) is 0 Å². The van der Waals surface area contributed by atoms with Gasteiger partial charge in [-0.05, 0) is 25.5 Å². The molecule has 0 aliphatic heterocycles. The lowest BCUT2D eigenvalue weighted by atomic mass is 10.2. The van der Waals surface area contributed by atoms with Crippen LogP contribution in [-0.4, -0.2) is 17.8 Å². The number of thiophene rings is 1. The van der Waals surface area contributed by atoms with E-state index in [1.807, 2.05) is 12.1 Å². The maximum absolute atomic E-state index is 9.16. The van der Waals surface area contributed by atoms with Gasteiger partial charge in [0.15, 0.2) is 0 Å². The molecule has 0 spiro atoms. The van der Waals surface area contributed by atoms with Crippen molar-refractivity contribution in [3.8, 4) is 0 Å². The molecule has 2 atom stereocenters. The summed E-state index contributed by atoms with van der Waals surface area (Å²) in [5, 5.41) is 12.5. The first-order valence-electron chi connectivity index (χ1n) is 4.80. The molecule has 1 aromatic rings. The minimum atomic E-state index is -0.306. The first-order valence-corrected chi connectivity index (χ1v) is 5.99. The lowest BCUT2D eigenvalue weighted by Crippen LogP contribution is -2.27. The van der Waals surface area contributed by atoms with Crippen LogP contribution in [0.1, 0.15) is 31.2 Å². The molecule has 14 heavy (non-hydrogen) atoms. The molecule has 0 saturated heterocycles. The first kappa shape index (κ1) is 12.0. The van der Waals surface area contributed by atoms with Crippen LogP contribution >= 0.6 is 22.9 Å². The molecule has 0 aliphatic rings. The number of nitrogens with one attached hydrogen (secondary N) is 1. The number of rotatable bonds is 5. The highest BCUT2D eigenvalue weighted by molar-refractivity contribution is 7.16. The van der Waals surface area contributed by atoms with Crippen LogP contribution in [0.4, 0.5) is 0 Å². The van der Waals surface area contributed by atoms with Gasteiger partial charge in [0, 0.05) is 17.5 Å². The summed E-state index contributed by atoms with van der Waals surface area (Å²) >= 11 is 7.46. The smallest absolute Gasteiger partial charge is 0.0931 e. The molecule has 2 unspecified atom stereocenters. The summed E-state index contributed by atoms with van der Waals surface area (Å²) < 4.78 is 0.817. The highest BCUT2D eigenvalue weighted by Crippen LogP contribution is 2.28. The van der Waals surface area contributed by atoms with Crippen molar-refractivity contribution in [3.63, 3.8) is 0 Å². The van der Waals surface area contributed by atoms with Crippen molar-refractivity contribution in [2.24, 2.45) is 0 Å². The Morgan fingerprint density at radius 1 is 1.57 bits per heavy atom. The zero-order valence-corrected chi connectivity index (χ0v) is 10.0. The Bertz CT molecular complexity index is 275. The summed E-state index contributed by atoms with van der Waals surface area (Å²) in [6.07, 6.45) is 0.698. The van der Waals surface area contributed by atoms with E-state index in [2.05, 4.69) is 12.2 Å². The van der Waals surface area contributed by atoms with Crippen LogP contribution in [0.25, 0.3) is 0 Å². The lowest BCUT2D eigenvalue weighted by Gasteiger charge is -2.16. The van der Waals surface area contributed by atoms with Gasteiger partial charge in [0.25, 0.3) is 0 Å². The molecule has 0 radical (unpaired) electrons. The average Bonchev–Trinajstić information content (AvgIpc) is 2.53. The summed E-state index contributed by atoms with van der Waals surface area (Å²) in [7, 11) is 0. The average molecular weight is 234 g/mol. The van der Waals surface area contributed by atoms with Crippen molar-refractivity contribution in [1.29, 1.82) is 0 Å². The van der Waals surface area contributed by atoms with Gasteiger partial charge in [0.05, 0.1) is 10.4 Å². The van der Waals surface area contributed by atoms with E-state index in [1.54, 1.807) is 18.3 Å². The van der Waals surface area contributed by atoms with Crippen molar-refractivity contribution in [1.82, 2.24) is 5.32 Å². The maximum Gasteiger partial charge on any atom is 0.0931 e. The van der Waals surface area contributed by atoms with E-state index >= 15 is 0 Å². The summed E-state index contributed by atoms with van der Waals surface area (Å²) in [6, 6.07) is 4.26. The van der Waals surface area contributed by atoms with Crippen molar-refractivity contribution in [3.05, 3.63) is 21.3 Å². The van der Waals surface area contributed by atoms with Crippen molar-refractivity contribution >= 4 is 22.9 Å². The number of aliphatic hydroxyl groups excluding tert-OH is 1. The highest BCUT2D eigenvalue weighted by Gasteiger charge is 2.11. The van der Waals surface area contributed by atoms with Gasteiger partial charge in [-0.1, -0.05) is 18.5 Å². The molecule has 2 N–H and O–H groups in total. The zero-order valence-electron chi connectivity index (χ0n) is 8.46. The van der Waals surface area contributed by atoms with Gasteiger partial charge >= 0.3 is 0 Å². The minimum absolute atomic E-state index is 0.306. The quantitative estimate of drug-likeness (QED) is 0.820. The lowest BCUT2D eigenvalue weighted by molar-refractivity contribution is 0.186. The van der Waals surface area contributed by atoms with Crippen molar-refractivity contribution in [2.75, 3.05) is 6.54 Å². The van der Waals surface area contributed by atoms with Gasteiger partial charge in [-0.3, -0.25) is 0 Å². The zero-order chi connectivity index (χ0) is 10.6. The van der Waals surface area contributed by atoms with E-state index in [0.29, 0.717) is 12.6 Å². The Balaban J connectivity index is 2.54. The molecule has 0 amide bonds. The summed E-state index contributed by atoms with van der Waals surface area (Å²) in [4.78, 5) is 1.23. The van der Waals surface area contributed by atoms with Crippen LogP contribution in [0.3, 0.4) is 0 Å². The molecular weight excluding hydrogens is 218 g/mol. The van der Waals surface area contributed by atoms with E-state index in [4.69, 9.17) is 16.7 Å². The number of hydrogen-bond donors (Lipinski definition) is 2. The van der Waals surface area contributed by atoms with Gasteiger partial charge in [0.2, 0.25) is 0 Å². The van der Waals surface area contributed by atoms with E-state index in [-0.39, 0.29) is 6.10 Å². The van der Waals surface area contributed by atoms with Crippen LogP contribution < -0.4 is 5.32 Å². The third-order valence-electron chi connectivity index (χ3n) is 2.01. The molecule has 0 fully saturated rings. The van der Waals surface area contributed by atoms with E-state index in [0.717, 1.165) is 10.8 Å². The normalized spacial score (nSPS) is 15.4. The molecule has 80 valence electrons. The minimum Gasteiger partial charge on any atom is -0.392 e. The standard InChI is InChI=1S/C10H16ClNOS/c1-3-8(12-6-7(2)13)9-4-5-10(11)14-9/h4-5,7-8,12-13H,3,6H2,1-2H3. The Morgan fingerprint density at radius 3 is 2.71 bits per heavy atom. The second-order valence-corrected chi connectivity index (χ2v) is 5.11. The van der Waals surface area contributed by atoms with Crippen molar-refractivity contribution < 1.29 is 5.11 Å². The third-order valence-corrected chi connectivity index (χ3v) is 3.35. The van der Waals surface area contributed by atoms with Gasteiger partial charge in [-0.15, -0.1) is 11.3 Å². The fraction of sp³-hybridized carbons (Fsp3) is 0.600. The predicted octanol–water partition coefficient (Wildman–Crippen LogP) is 2.82. The number of aliphatic hydroxyl groups is 1. The van der Waals surface area contributed by atoms with E-state index in [9.17, 15) is 0 Å². The van der Waals surface area contributed by atoms with Crippen molar-refractivity contribution in [2.45, 2.75) is 32.4 Å². The molecular formula is C10H16ClNOS. The second kappa shape index (κ2) is 5.71. The molecule has 1 heterocycles. The Kier molecular flexibility index (Phi) is 4.89. The van der Waals surface area contributed by atoms with Gasteiger partial charge < -0.3 is 10.4 Å². The Labute approximate surface area is 93.9 Å². The molecule has 0 saturated carbocycles. The fourth-order valence-corrected chi connectivity index (χ4v) is 2.49. The van der Waals surface area contributed by atoms with Crippen LogP contribution in [0.15, 0.2) is 12.1 Å².